The van der Waals surface area contributed by atoms with Crippen molar-refractivity contribution in [2.45, 2.75) is 26.2 Å². The molecule has 0 radical (unpaired) electrons. The Labute approximate surface area is 86.5 Å². The number of alkyl halides is 2. The molecule has 2 nitrogen and oxygen atoms in total. The van der Waals surface area contributed by atoms with Gasteiger partial charge >= 0.3 is 5.97 Å². The Bertz CT molecular complexity index is 375. The van der Waals surface area contributed by atoms with Gasteiger partial charge in [-0.15, -0.1) is 0 Å². The van der Waals surface area contributed by atoms with E-state index in [4.69, 9.17) is 5.11 Å². The SMILES string of the molecule is Cc1ccc(C(F)F)c(C(C)C(=O)O)c1. The quantitative estimate of drug-likeness (QED) is 0.839. The smallest absolute Gasteiger partial charge is 0.310 e. The topological polar surface area (TPSA) is 37.3 Å². The van der Waals surface area contributed by atoms with Crippen LogP contribution in [0.3, 0.4) is 0 Å². The van der Waals surface area contributed by atoms with Crippen LogP contribution in [-0.4, -0.2) is 11.1 Å². The number of carboxylic acids is 1. The average molecular weight is 214 g/mol. The molecular weight excluding hydrogens is 202 g/mol. The zero-order valence-electron chi connectivity index (χ0n) is 8.50. The van der Waals surface area contributed by atoms with Gasteiger partial charge in [0.05, 0.1) is 5.92 Å². The van der Waals surface area contributed by atoms with E-state index in [1.807, 2.05) is 0 Å². The van der Waals surface area contributed by atoms with Gasteiger partial charge in [-0.3, -0.25) is 4.79 Å². The predicted octanol–water partition coefficient (Wildman–Crippen LogP) is 3.12. The van der Waals surface area contributed by atoms with E-state index in [2.05, 4.69) is 0 Å². The lowest BCUT2D eigenvalue weighted by Gasteiger charge is -2.13. The van der Waals surface area contributed by atoms with Crippen molar-refractivity contribution in [2.24, 2.45) is 0 Å². The summed E-state index contributed by atoms with van der Waals surface area (Å²) in [5.74, 6) is -2.00. The molecule has 0 aliphatic rings. The molecule has 0 saturated carbocycles. The Kier molecular flexibility index (Phi) is 3.39. The number of benzene rings is 1. The Morgan fingerprint density at radius 2 is 1.93 bits per heavy atom. The van der Waals surface area contributed by atoms with Crippen molar-refractivity contribution in [1.29, 1.82) is 0 Å². The standard InChI is InChI=1S/C11H12F2O2/c1-6-3-4-8(10(12)13)9(5-6)7(2)11(14)15/h3-5,7,10H,1-2H3,(H,14,15). The number of carboxylic acid groups (broad SMARTS) is 1. The molecule has 15 heavy (non-hydrogen) atoms. The molecule has 1 aromatic rings. The van der Waals surface area contributed by atoms with Crippen molar-refractivity contribution in [3.63, 3.8) is 0 Å². The minimum Gasteiger partial charge on any atom is -0.481 e. The highest BCUT2D eigenvalue weighted by molar-refractivity contribution is 5.76. The van der Waals surface area contributed by atoms with E-state index < -0.39 is 18.3 Å². The van der Waals surface area contributed by atoms with Gasteiger partial charge in [0.25, 0.3) is 6.43 Å². The van der Waals surface area contributed by atoms with Gasteiger partial charge in [0.2, 0.25) is 0 Å². The maximum absolute atomic E-state index is 12.6. The van der Waals surface area contributed by atoms with Crippen LogP contribution < -0.4 is 0 Å². The largest absolute Gasteiger partial charge is 0.481 e. The molecule has 1 unspecified atom stereocenters. The molecule has 0 spiro atoms. The molecule has 0 saturated heterocycles. The number of halogens is 2. The molecule has 82 valence electrons. The summed E-state index contributed by atoms with van der Waals surface area (Å²) in [5.41, 5.74) is 0.774. The van der Waals surface area contributed by atoms with Gasteiger partial charge in [-0.25, -0.2) is 8.78 Å². The average Bonchev–Trinajstić information content (AvgIpc) is 2.15. The number of aryl methyl sites for hydroxylation is 1. The molecule has 0 amide bonds. The fourth-order valence-electron chi connectivity index (χ4n) is 1.40. The summed E-state index contributed by atoms with van der Waals surface area (Å²) < 4.78 is 25.2. The Hall–Kier alpha value is -1.45. The van der Waals surface area contributed by atoms with Crippen molar-refractivity contribution >= 4 is 5.97 Å². The second-order valence-corrected chi connectivity index (χ2v) is 3.49. The maximum Gasteiger partial charge on any atom is 0.310 e. The van der Waals surface area contributed by atoms with E-state index in [1.54, 1.807) is 13.0 Å². The number of hydrogen-bond acceptors (Lipinski definition) is 1. The van der Waals surface area contributed by atoms with E-state index in [9.17, 15) is 13.6 Å². The lowest BCUT2D eigenvalue weighted by atomic mass is 9.94. The van der Waals surface area contributed by atoms with Gasteiger partial charge in [0.15, 0.2) is 0 Å². The summed E-state index contributed by atoms with van der Waals surface area (Å²) in [6.07, 6.45) is -2.64. The molecule has 1 atom stereocenters. The molecule has 0 aliphatic heterocycles. The molecule has 0 heterocycles. The van der Waals surface area contributed by atoms with Gasteiger partial charge in [0, 0.05) is 5.56 Å². The van der Waals surface area contributed by atoms with Crippen LogP contribution in [0, 0.1) is 6.92 Å². The summed E-state index contributed by atoms with van der Waals surface area (Å²) in [6.45, 7) is 3.15. The van der Waals surface area contributed by atoms with Crippen molar-refractivity contribution in [3.05, 3.63) is 34.9 Å². The third-order valence-corrected chi connectivity index (χ3v) is 2.31. The highest BCUT2D eigenvalue weighted by Gasteiger charge is 2.21. The summed E-state index contributed by atoms with van der Waals surface area (Å²) in [7, 11) is 0. The Morgan fingerprint density at radius 3 is 2.40 bits per heavy atom. The van der Waals surface area contributed by atoms with Crippen LogP contribution in [-0.2, 0) is 4.79 Å². The molecule has 0 aliphatic carbocycles. The van der Waals surface area contributed by atoms with E-state index in [-0.39, 0.29) is 11.1 Å². The highest BCUT2D eigenvalue weighted by Crippen LogP contribution is 2.29. The fourth-order valence-corrected chi connectivity index (χ4v) is 1.40. The van der Waals surface area contributed by atoms with Crippen molar-refractivity contribution < 1.29 is 18.7 Å². The first-order valence-electron chi connectivity index (χ1n) is 4.55. The molecule has 4 heteroatoms. The molecule has 1 N–H and O–H groups in total. The summed E-state index contributed by atoms with van der Waals surface area (Å²) >= 11 is 0. The lowest BCUT2D eigenvalue weighted by Crippen LogP contribution is -2.10. The van der Waals surface area contributed by atoms with Gasteiger partial charge in [-0.2, -0.15) is 0 Å². The first kappa shape index (κ1) is 11.6. The van der Waals surface area contributed by atoms with Crippen LogP contribution in [0.5, 0.6) is 0 Å². The third-order valence-electron chi connectivity index (χ3n) is 2.31. The van der Waals surface area contributed by atoms with Gasteiger partial charge < -0.3 is 5.11 Å². The summed E-state index contributed by atoms with van der Waals surface area (Å²) in [6, 6.07) is 4.34. The van der Waals surface area contributed by atoms with Crippen molar-refractivity contribution in [2.75, 3.05) is 0 Å². The second kappa shape index (κ2) is 4.38. The first-order valence-corrected chi connectivity index (χ1v) is 4.55. The minimum atomic E-state index is -2.64. The molecule has 1 rings (SSSR count). The van der Waals surface area contributed by atoms with Crippen LogP contribution in [0.15, 0.2) is 18.2 Å². The number of rotatable bonds is 3. The molecule has 0 bridgehead atoms. The summed E-state index contributed by atoms with van der Waals surface area (Å²) in [5, 5.41) is 8.79. The number of carbonyl (C=O) groups is 1. The summed E-state index contributed by atoms with van der Waals surface area (Å²) in [4.78, 5) is 10.7. The zero-order chi connectivity index (χ0) is 11.6. The maximum atomic E-state index is 12.6. The predicted molar refractivity (Wildman–Crippen MR) is 52.2 cm³/mol. The molecule has 0 aromatic heterocycles. The Morgan fingerprint density at radius 1 is 1.33 bits per heavy atom. The zero-order valence-corrected chi connectivity index (χ0v) is 8.50. The molecule has 0 fully saturated rings. The first-order chi connectivity index (χ1) is 6.93. The van der Waals surface area contributed by atoms with Crippen LogP contribution in [0.2, 0.25) is 0 Å². The van der Waals surface area contributed by atoms with E-state index in [0.29, 0.717) is 0 Å². The third kappa shape index (κ3) is 2.52. The second-order valence-electron chi connectivity index (χ2n) is 3.49. The van der Waals surface area contributed by atoms with E-state index >= 15 is 0 Å². The van der Waals surface area contributed by atoms with Crippen LogP contribution >= 0.6 is 0 Å². The highest BCUT2D eigenvalue weighted by atomic mass is 19.3. The van der Waals surface area contributed by atoms with Crippen LogP contribution in [0.4, 0.5) is 8.78 Å². The fraction of sp³-hybridized carbons (Fsp3) is 0.364. The number of hydrogen-bond donors (Lipinski definition) is 1. The van der Waals surface area contributed by atoms with Crippen LogP contribution in [0.1, 0.15) is 36.0 Å². The molecular formula is C11H12F2O2. The van der Waals surface area contributed by atoms with E-state index in [1.165, 1.54) is 19.1 Å². The van der Waals surface area contributed by atoms with Gasteiger partial charge in [-0.1, -0.05) is 23.8 Å². The Balaban J connectivity index is 3.24. The van der Waals surface area contributed by atoms with Crippen LogP contribution in [0.25, 0.3) is 0 Å². The minimum absolute atomic E-state index is 0.192. The number of aliphatic carboxylic acids is 1. The molecule has 1 aromatic carbocycles. The van der Waals surface area contributed by atoms with E-state index in [0.717, 1.165) is 5.56 Å². The normalized spacial score (nSPS) is 12.9. The lowest BCUT2D eigenvalue weighted by molar-refractivity contribution is -0.138. The van der Waals surface area contributed by atoms with Gasteiger partial charge in [-0.05, 0) is 19.4 Å². The van der Waals surface area contributed by atoms with Crippen molar-refractivity contribution in [3.8, 4) is 0 Å². The monoisotopic (exact) mass is 214 g/mol. The van der Waals surface area contributed by atoms with Gasteiger partial charge in [0.1, 0.15) is 0 Å². The van der Waals surface area contributed by atoms with Crippen molar-refractivity contribution in [1.82, 2.24) is 0 Å².